The van der Waals surface area contributed by atoms with Crippen LogP contribution >= 0.6 is 12.2 Å². The Hall–Kier alpha value is -1.53. The molecular weight excluding hydrogens is 284 g/mol. The number of carbonyl (C=O) groups is 1. The minimum absolute atomic E-state index is 0.00221. The average Bonchev–Trinajstić information content (AvgIpc) is 2.53. The fourth-order valence-corrected chi connectivity index (χ4v) is 2.93. The van der Waals surface area contributed by atoms with Crippen molar-refractivity contribution >= 4 is 23.1 Å². The Labute approximate surface area is 131 Å². The standard InChI is InChI=1S/C15H22N4OS/c1-2-5-13(14(16)21)18-8-10-19(11-9-18)15(20)12-6-3-4-7-17-12/h3-4,6-7,13H,2,5,8-11H2,1H3,(H2,16,21). The molecule has 1 aromatic rings. The summed E-state index contributed by atoms with van der Waals surface area (Å²) in [4.78, 5) is 21.1. The molecule has 2 heterocycles. The molecule has 0 aromatic carbocycles. The summed E-state index contributed by atoms with van der Waals surface area (Å²) in [6.45, 7) is 5.13. The molecule has 0 radical (unpaired) electrons. The van der Waals surface area contributed by atoms with Crippen molar-refractivity contribution in [3.05, 3.63) is 30.1 Å². The van der Waals surface area contributed by atoms with E-state index in [0.717, 1.165) is 25.9 Å². The lowest BCUT2D eigenvalue weighted by Crippen LogP contribution is -2.54. The van der Waals surface area contributed by atoms with Gasteiger partial charge < -0.3 is 10.6 Å². The predicted molar refractivity (Wildman–Crippen MR) is 87.2 cm³/mol. The predicted octanol–water partition coefficient (Wildman–Crippen LogP) is 1.29. The first kappa shape index (κ1) is 15.9. The van der Waals surface area contributed by atoms with E-state index in [9.17, 15) is 4.79 Å². The van der Waals surface area contributed by atoms with Gasteiger partial charge in [0, 0.05) is 32.4 Å². The van der Waals surface area contributed by atoms with Crippen molar-refractivity contribution in [1.82, 2.24) is 14.8 Å². The van der Waals surface area contributed by atoms with Gasteiger partial charge in [-0.1, -0.05) is 31.6 Å². The molecule has 6 heteroatoms. The third kappa shape index (κ3) is 3.98. The minimum Gasteiger partial charge on any atom is -0.392 e. The van der Waals surface area contributed by atoms with Crippen LogP contribution in [0.3, 0.4) is 0 Å². The van der Waals surface area contributed by atoms with Crippen LogP contribution in [0.25, 0.3) is 0 Å². The van der Waals surface area contributed by atoms with Crippen LogP contribution in [-0.2, 0) is 0 Å². The van der Waals surface area contributed by atoms with Gasteiger partial charge in [0.15, 0.2) is 0 Å². The first-order valence-electron chi connectivity index (χ1n) is 7.37. The quantitative estimate of drug-likeness (QED) is 0.831. The van der Waals surface area contributed by atoms with Crippen LogP contribution in [0, 0.1) is 0 Å². The minimum atomic E-state index is -0.00221. The zero-order valence-electron chi connectivity index (χ0n) is 12.4. The molecule has 1 aromatic heterocycles. The highest BCUT2D eigenvalue weighted by Crippen LogP contribution is 2.13. The molecule has 2 N–H and O–H groups in total. The van der Waals surface area contributed by atoms with Gasteiger partial charge in [0.05, 0.1) is 11.0 Å². The van der Waals surface area contributed by atoms with Gasteiger partial charge in [0.25, 0.3) is 5.91 Å². The Morgan fingerprint density at radius 3 is 2.62 bits per heavy atom. The number of hydrogen-bond acceptors (Lipinski definition) is 4. The van der Waals surface area contributed by atoms with Crippen molar-refractivity contribution in [1.29, 1.82) is 0 Å². The number of aromatic nitrogens is 1. The van der Waals surface area contributed by atoms with E-state index in [1.807, 2.05) is 17.0 Å². The fraction of sp³-hybridized carbons (Fsp3) is 0.533. The molecule has 21 heavy (non-hydrogen) atoms. The van der Waals surface area contributed by atoms with Gasteiger partial charge in [-0.05, 0) is 18.6 Å². The van der Waals surface area contributed by atoms with Gasteiger partial charge in [-0.2, -0.15) is 0 Å². The molecule has 1 aliphatic rings. The second kappa shape index (κ2) is 7.47. The monoisotopic (exact) mass is 306 g/mol. The number of hydrogen-bond donors (Lipinski definition) is 1. The molecule has 0 aliphatic carbocycles. The normalized spacial score (nSPS) is 17.5. The maximum atomic E-state index is 12.3. The molecule has 0 spiro atoms. The molecule has 1 aliphatic heterocycles. The summed E-state index contributed by atoms with van der Waals surface area (Å²) in [5, 5.41) is 0. The SMILES string of the molecule is CCCC(C(N)=S)N1CCN(C(=O)c2ccccn2)CC1. The van der Waals surface area contributed by atoms with Gasteiger partial charge in [-0.15, -0.1) is 0 Å². The number of nitrogens with zero attached hydrogens (tertiary/aromatic N) is 3. The summed E-state index contributed by atoms with van der Waals surface area (Å²) in [5.74, 6) is -0.00221. The third-order valence-electron chi connectivity index (χ3n) is 3.82. The van der Waals surface area contributed by atoms with Crippen LogP contribution in [0.15, 0.2) is 24.4 Å². The van der Waals surface area contributed by atoms with Crippen LogP contribution < -0.4 is 5.73 Å². The lowest BCUT2D eigenvalue weighted by molar-refractivity contribution is 0.0603. The van der Waals surface area contributed by atoms with Gasteiger partial charge >= 0.3 is 0 Å². The van der Waals surface area contributed by atoms with E-state index in [2.05, 4.69) is 16.8 Å². The first-order valence-corrected chi connectivity index (χ1v) is 7.78. The Morgan fingerprint density at radius 2 is 2.10 bits per heavy atom. The molecule has 0 saturated carbocycles. The Morgan fingerprint density at radius 1 is 1.38 bits per heavy atom. The average molecular weight is 306 g/mol. The van der Waals surface area contributed by atoms with Crippen molar-refractivity contribution in [2.45, 2.75) is 25.8 Å². The molecule has 114 valence electrons. The van der Waals surface area contributed by atoms with E-state index in [-0.39, 0.29) is 11.9 Å². The topological polar surface area (TPSA) is 62.5 Å². The maximum Gasteiger partial charge on any atom is 0.272 e. The number of piperazine rings is 1. The molecule has 1 saturated heterocycles. The Balaban J connectivity index is 1.94. The van der Waals surface area contributed by atoms with Crippen LogP contribution in [0.4, 0.5) is 0 Å². The zero-order chi connectivity index (χ0) is 15.2. The molecule has 0 bridgehead atoms. The first-order chi connectivity index (χ1) is 10.1. The Kier molecular flexibility index (Phi) is 5.64. The maximum absolute atomic E-state index is 12.3. The zero-order valence-corrected chi connectivity index (χ0v) is 13.2. The summed E-state index contributed by atoms with van der Waals surface area (Å²) in [7, 11) is 0. The lowest BCUT2D eigenvalue weighted by atomic mass is 10.1. The van der Waals surface area contributed by atoms with Crippen molar-refractivity contribution in [2.75, 3.05) is 26.2 Å². The van der Waals surface area contributed by atoms with Crippen molar-refractivity contribution in [2.24, 2.45) is 5.73 Å². The van der Waals surface area contributed by atoms with Crippen LogP contribution in [0.1, 0.15) is 30.3 Å². The van der Waals surface area contributed by atoms with Crippen LogP contribution in [-0.4, -0.2) is 57.9 Å². The van der Waals surface area contributed by atoms with Crippen molar-refractivity contribution in [3.63, 3.8) is 0 Å². The molecule has 2 rings (SSSR count). The van der Waals surface area contributed by atoms with E-state index in [1.165, 1.54) is 0 Å². The van der Waals surface area contributed by atoms with E-state index in [1.54, 1.807) is 12.3 Å². The number of carbonyl (C=O) groups excluding carboxylic acids is 1. The summed E-state index contributed by atoms with van der Waals surface area (Å²) >= 11 is 5.17. The van der Waals surface area contributed by atoms with Crippen LogP contribution in [0.2, 0.25) is 0 Å². The number of pyridine rings is 1. The van der Waals surface area contributed by atoms with E-state index >= 15 is 0 Å². The molecular formula is C15H22N4OS. The summed E-state index contributed by atoms with van der Waals surface area (Å²) in [6.07, 6.45) is 3.67. The summed E-state index contributed by atoms with van der Waals surface area (Å²) in [6, 6.07) is 5.55. The third-order valence-corrected chi connectivity index (χ3v) is 4.09. The summed E-state index contributed by atoms with van der Waals surface area (Å²) in [5.41, 5.74) is 6.34. The molecule has 1 unspecified atom stereocenters. The van der Waals surface area contributed by atoms with E-state index < -0.39 is 0 Å². The second-order valence-electron chi connectivity index (χ2n) is 5.25. The highest BCUT2D eigenvalue weighted by atomic mass is 32.1. The number of thiocarbonyl (C=S) groups is 1. The molecule has 1 atom stereocenters. The number of rotatable bonds is 5. The van der Waals surface area contributed by atoms with Gasteiger partial charge in [0.1, 0.15) is 5.69 Å². The summed E-state index contributed by atoms with van der Waals surface area (Å²) < 4.78 is 0. The van der Waals surface area contributed by atoms with Gasteiger partial charge in [-0.25, -0.2) is 0 Å². The molecule has 5 nitrogen and oxygen atoms in total. The number of nitrogens with two attached hydrogens (primary N) is 1. The highest BCUT2D eigenvalue weighted by Gasteiger charge is 2.27. The van der Waals surface area contributed by atoms with Gasteiger partial charge in [0.2, 0.25) is 0 Å². The second-order valence-corrected chi connectivity index (χ2v) is 5.72. The molecule has 1 amide bonds. The van der Waals surface area contributed by atoms with Crippen molar-refractivity contribution < 1.29 is 4.79 Å². The lowest BCUT2D eigenvalue weighted by Gasteiger charge is -2.38. The van der Waals surface area contributed by atoms with Crippen molar-refractivity contribution in [3.8, 4) is 0 Å². The largest absolute Gasteiger partial charge is 0.392 e. The number of amides is 1. The van der Waals surface area contributed by atoms with E-state index in [0.29, 0.717) is 23.8 Å². The van der Waals surface area contributed by atoms with Gasteiger partial charge in [-0.3, -0.25) is 14.7 Å². The molecule has 1 fully saturated rings. The van der Waals surface area contributed by atoms with E-state index in [4.69, 9.17) is 18.0 Å². The Bertz CT molecular complexity index is 486. The smallest absolute Gasteiger partial charge is 0.272 e. The fourth-order valence-electron chi connectivity index (χ4n) is 2.67. The highest BCUT2D eigenvalue weighted by molar-refractivity contribution is 7.80. The van der Waals surface area contributed by atoms with Crippen LogP contribution in [0.5, 0.6) is 0 Å².